The van der Waals surface area contributed by atoms with Crippen molar-refractivity contribution in [2.24, 2.45) is 5.73 Å². The zero-order chi connectivity index (χ0) is 28.5. The van der Waals surface area contributed by atoms with Gasteiger partial charge >= 0.3 is 0 Å². The SMILES string of the molecule is Cc1ccc(C(NC(=O)Cc2ccc3oc(C(c4ccncc4F)N4CC(N)C4)cc3c2)c2ccccc2)c(C)c1. The number of benzene rings is 3. The van der Waals surface area contributed by atoms with E-state index in [0.717, 1.165) is 27.6 Å². The Morgan fingerprint density at radius 1 is 1.05 bits per heavy atom. The average molecular weight is 549 g/mol. The van der Waals surface area contributed by atoms with E-state index in [-0.39, 0.29) is 30.2 Å². The summed E-state index contributed by atoms with van der Waals surface area (Å²) < 4.78 is 21.0. The van der Waals surface area contributed by atoms with Gasteiger partial charge in [0.1, 0.15) is 17.2 Å². The van der Waals surface area contributed by atoms with Crippen molar-refractivity contribution >= 4 is 16.9 Å². The van der Waals surface area contributed by atoms with Gasteiger partial charge in [0.15, 0.2) is 0 Å². The Bertz CT molecular complexity index is 1690. The molecule has 5 aromatic rings. The molecule has 0 saturated carbocycles. The van der Waals surface area contributed by atoms with Crippen LogP contribution in [0, 0.1) is 19.7 Å². The summed E-state index contributed by atoms with van der Waals surface area (Å²) in [7, 11) is 0. The van der Waals surface area contributed by atoms with Gasteiger partial charge in [0, 0.05) is 36.3 Å². The van der Waals surface area contributed by atoms with Gasteiger partial charge in [-0.2, -0.15) is 0 Å². The number of carbonyl (C=O) groups is 1. The van der Waals surface area contributed by atoms with Gasteiger partial charge in [0.25, 0.3) is 0 Å². The summed E-state index contributed by atoms with van der Waals surface area (Å²) in [5.74, 6) is 0.179. The van der Waals surface area contributed by atoms with Gasteiger partial charge in [-0.15, -0.1) is 0 Å². The van der Waals surface area contributed by atoms with Crippen LogP contribution in [0.4, 0.5) is 4.39 Å². The summed E-state index contributed by atoms with van der Waals surface area (Å²) in [5, 5.41) is 4.13. The number of aryl methyl sites for hydroxylation is 2. The molecule has 2 unspecified atom stereocenters. The first kappa shape index (κ1) is 26.9. The fourth-order valence-electron chi connectivity index (χ4n) is 5.79. The van der Waals surface area contributed by atoms with Crippen LogP contribution in [0.25, 0.3) is 11.0 Å². The molecule has 0 bridgehead atoms. The van der Waals surface area contributed by atoms with Crippen molar-refractivity contribution in [2.45, 2.75) is 38.4 Å². The fraction of sp³-hybridized carbons (Fsp3) is 0.235. The first-order chi connectivity index (χ1) is 19.9. The largest absolute Gasteiger partial charge is 0.459 e. The highest BCUT2D eigenvalue weighted by Gasteiger charge is 2.35. The number of rotatable bonds is 8. The molecule has 2 aromatic heterocycles. The van der Waals surface area contributed by atoms with Gasteiger partial charge in [-0.25, -0.2) is 4.39 Å². The second kappa shape index (κ2) is 11.3. The van der Waals surface area contributed by atoms with E-state index < -0.39 is 6.04 Å². The first-order valence-electron chi connectivity index (χ1n) is 13.9. The predicted molar refractivity (Wildman–Crippen MR) is 158 cm³/mol. The van der Waals surface area contributed by atoms with Gasteiger partial charge in [0.05, 0.1) is 24.7 Å². The number of hydrogen-bond acceptors (Lipinski definition) is 5. The highest BCUT2D eigenvalue weighted by molar-refractivity contribution is 5.83. The molecule has 6 nitrogen and oxygen atoms in total. The maximum absolute atomic E-state index is 14.8. The number of likely N-dealkylation sites (tertiary alicyclic amines) is 1. The lowest BCUT2D eigenvalue weighted by atomic mass is 9.93. The number of nitrogens with one attached hydrogen (secondary N) is 1. The number of pyridine rings is 1. The van der Waals surface area contributed by atoms with Crippen molar-refractivity contribution < 1.29 is 13.6 Å². The second-order valence-corrected chi connectivity index (χ2v) is 11.0. The summed E-state index contributed by atoms with van der Waals surface area (Å²) >= 11 is 0. The standard InChI is InChI=1S/C34H33FN4O2/c1-21-8-10-27(22(2)14-21)33(24-6-4-3-5-7-24)38-32(40)16-23-9-11-30-25(15-23)17-31(41-30)34(39-19-26(36)20-39)28-12-13-37-18-29(28)35/h3-15,17-18,26,33-34H,16,19-20,36H2,1-2H3,(H,38,40). The Hall–Kier alpha value is -4.33. The van der Waals surface area contributed by atoms with Gasteiger partial charge in [-0.3, -0.25) is 14.7 Å². The third-order valence-electron chi connectivity index (χ3n) is 7.81. The van der Waals surface area contributed by atoms with Crippen LogP contribution in [0.15, 0.2) is 95.7 Å². The van der Waals surface area contributed by atoms with Crippen molar-refractivity contribution in [3.05, 3.63) is 136 Å². The Labute approximate surface area is 239 Å². The molecular weight excluding hydrogens is 515 g/mol. The Balaban J connectivity index is 1.25. The van der Waals surface area contributed by atoms with Crippen LogP contribution >= 0.6 is 0 Å². The molecule has 7 heteroatoms. The van der Waals surface area contributed by atoms with Crippen molar-refractivity contribution in [2.75, 3.05) is 13.1 Å². The van der Waals surface area contributed by atoms with Crippen LogP contribution in [-0.2, 0) is 11.2 Å². The summed E-state index contributed by atoms with van der Waals surface area (Å²) in [6.45, 7) is 5.45. The number of nitrogens with two attached hydrogens (primary N) is 1. The van der Waals surface area contributed by atoms with Crippen LogP contribution in [0.1, 0.15) is 51.2 Å². The number of amides is 1. The Kier molecular flexibility index (Phi) is 7.39. The molecular formula is C34H33FN4O2. The molecule has 208 valence electrons. The van der Waals surface area contributed by atoms with Crippen LogP contribution in [0.2, 0.25) is 0 Å². The number of fused-ring (bicyclic) bond motifs is 1. The van der Waals surface area contributed by atoms with Gasteiger partial charge < -0.3 is 15.5 Å². The van der Waals surface area contributed by atoms with E-state index >= 15 is 0 Å². The van der Waals surface area contributed by atoms with E-state index in [4.69, 9.17) is 10.2 Å². The molecule has 6 rings (SSSR count). The third kappa shape index (κ3) is 5.64. The first-order valence-corrected chi connectivity index (χ1v) is 13.9. The summed E-state index contributed by atoms with van der Waals surface area (Å²) in [6.07, 6.45) is 3.03. The lowest BCUT2D eigenvalue weighted by Crippen LogP contribution is -2.56. The third-order valence-corrected chi connectivity index (χ3v) is 7.81. The number of nitrogens with zero attached hydrogens (tertiary/aromatic N) is 2. The van der Waals surface area contributed by atoms with Crippen LogP contribution in [-0.4, -0.2) is 34.9 Å². The number of halogens is 1. The molecule has 0 aliphatic carbocycles. The average Bonchev–Trinajstić information content (AvgIpc) is 3.36. The summed E-state index contributed by atoms with van der Waals surface area (Å²) in [5.41, 5.74) is 12.5. The zero-order valence-corrected chi connectivity index (χ0v) is 23.2. The second-order valence-electron chi connectivity index (χ2n) is 11.0. The number of carbonyl (C=O) groups excluding carboxylic acids is 1. The van der Waals surface area contributed by atoms with Gasteiger partial charge in [0.2, 0.25) is 5.91 Å². The molecule has 3 N–H and O–H groups in total. The molecule has 0 radical (unpaired) electrons. The quantitative estimate of drug-likeness (QED) is 0.257. The molecule has 1 aliphatic rings. The molecule has 1 aliphatic heterocycles. The maximum Gasteiger partial charge on any atom is 0.225 e. The van der Waals surface area contributed by atoms with Crippen molar-refractivity contribution in [3.8, 4) is 0 Å². The number of furan rings is 1. The predicted octanol–water partition coefficient (Wildman–Crippen LogP) is 5.76. The smallest absolute Gasteiger partial charge is 0.225 e. The van der Waals surface area contributed by atoms with E-state index in [1.807, 2.05) is 54.6 Å². The minimum atomic E-state index is -0.402. The molecule has 1 amide bonds. The number of hydrogen-bond donors (Lipinski definition) is 2. The Morgan fingerprint density at radius 2 is 1.85 bits per heavy atom. The van der Waals surface area contributed by atoms with Crippen molar-refractivity contribution in [1.82, 2.24) is 15.2 Å². The van der Waals surface area contributed by atoms with Crippen LogP contribution < -0.4 is 11.1 Å². The van der Waals surface area contributed by atoms with E-state index in [2.05, 4.69) is 47.2 Å². The Morgan fingerprint density at radius 3 is 2.59 bits per heavy atom. The molecule has 3 aromatic carbocycles. The minimum absolute atomic E-state index is 0.0558. The summed E-state index contributed by atoms with van der Waals surface area (Å²) in [4.78, 5) is 19.4. The molecule has 41 heavy (non-hydrogen) atoms. The summed E-state index contributed by atoms with van der Waals surface area (Å²) in [6, 6.07) is 25.1. The topological polar surface area (TPSA) is 84.4 Å². The fourth-order valence-corrected chi connectivity index (χ4v) is 5.79. The number of aromatic nitrogens is 1. The maximum atomic E-state index is 14.8. The van der Waals surface area contributed by atoms with Crippen molar-refractivity contribution in [3.63, 3.8) is 0 Å². The van der Waals surface area contributed by atoms with E-state index in [1.165, 1.54) is 11.8 Å². The van der Waals surface area contributed by atoms with E-state index in [9.17, 15) is 9.18 Å². The molecule has 2 atom stereocenters. The normalized spacial score (nSPS) is 15.4. The van der Waals surface area contributed by atoms with Crippen LogP contribution in [0.3, 0.4) is 0 Å². The molecule has 1 saturated heterocycles. The zero-order valence-electron chi connectivity index (χ0n) is 23.2. The van der Waals surface area contributed by atoms with E-state index in [1.54, 1.807) is 12.3 Å². The highest BCUT2D eigenvalue weighted by Crippen LogP contribution is 2.36. The molecule has 3 heterocycles. The highest BCUT2D eigenvalue weighted by atomic mass is 19.1. The lowest BCUT2D eigenvalue weighted by molar-refractivity contribution is -0.120. The van der Waals surface area contributed by atoms with Gasteiger partial charge in [-0.05, 0) is 60.4 Å². The molecule has 1 fully saturated rings. The monoisotopic (exact) mass is 548 g/mol. The van der Waals surface area contributed by atoms with Gasteiger partial charge in [-0.1, -0.05) is 60.2 Å². The minimum Gasteiger partial charge on any atom is -0.459 e. The van der Waals surface area contributed by atoms with Crippen LogP contribution in [0.5, 0.6) is 0 Å². The van der Waals surface area contributed by atoms with E-state index in [0.29, 0.717) is 30.0 Å². The molecule has 0 spiro atoms. The lowest BCUT2D eigenvalue weighted by Gasteiger charge is -2.42. The van der Waals surface area contributed by atoms with Crippen molar-refractivity contribution in [1.29, 1.82) is 0 Å².